The summed E-state index contributed by atoms with van der Waals surface area (Å²) in [5, 5.41) is 5.18. The number of likely N-dealkylation sites (tertiary alicyclic amines) is 1. The molecule has 2 heterocycles. The zero-order chi connectivity index (χ0) is 21.7. The van der Waals surface area contributed by atoms with E-state index in [0.29, 0.717) is 25.2 Å². The molecule has 0 radical (unpaired) electrons. The molecule has 0 aliphatic carbocycles. The number of alkyl halides is 2. The van der Waals surface area contributed by atoms with Gasteiger partial charge in [0.05, 0.1) is 24.5 Å². The zero-order valence-electron chi connectivity index (χ0n) is 16.2. The lowest BCUT2D eigenvalue weighted by Crippen LogP contribution is -2.43. The molecule has 0 bridgehead atoms. The number of hydrogen-bond donors (Lipinski definition) is 3. The van der Waals surface area contributed by atoms with Crippen molar-refractivity contribution in [3.63, 3.8) is 0 Å². The second-order valence-corrected chi connectivity index (χ2v) is 7.25. The Hall–Kier alpha value is -2.69. The van der Waals surface area contributed by atoms with E-state index < -0.39 is 24.7 Å². The van der Waals surface area contributed by atoms with Gasteiger partial charge in [0.25, 0.3) is 12.0 Å². The number of nitrogens with one attached hydrogen (secondary N) is 2. The number of benzene rings is 1. The third-order valence-corrected chi connectivity index (χ3v) is 4.91. The first-order chi connectivity index (χ1) is 14.3. The van der Waals surface area contributed by atoms with Crippen molar-refractivity contribution < 1.29 is 18.0 Å². The molecule has 3 rings (SSSR count). The van der Waals surface area contributed by atoms with E-state index in [4.69, 9.17) is 5.73 Å². The second kappa shape index (κ2) is 9.88. The van der Waals surface area contributed by atoms with Crippen molar-refractivity contribution in [2.45, 2.75) is 24.9 Å². The second-order valence-electron chi connectivity index (χ2n) is 7.25. The average Bonchev–Trinajstić information content (AvgIpc) is 3.02. The highest BCUT2D eigenvalue weighted by Crippen LogP contribution is 2.19. The maximum atomic E-state index is 14.5. The van der Waals surface area contributed by atoms with E-state index in [9.17, 15) is 22.8 Å². The fourth-order valence-corrected chi connectivity index (χ4v) is 3.56. The number of pyridine rings is 1. The predicted molar refractivity (Wildman–Crippen MR) is 107 cm³/mol. The molecule has 30 heavy (non-hydrogen) atoms. The molecule has 0 unspecified atom stereocenters. The normalized spacial score (nSPS) is 19.4. The third kappa shape index (κ3) is 5.68. The fraction of sp³-hybridized carbons (Fsp3) is 0.400. The number of carbonyl (C=O) groups excluding carboxylic acids is 1. The molecule has 2 aromatic rings. The van der Waals surface area contributed by atoms with E-state index in [1.54, 1.807) is 17.0 Å². The van der Waals surface area contributed by atoms with Crippen LogP contribution in [-0.4, -0.2) is 60.1 Å². The number of nitrogens with two attached hydrogens (primary N) is 1. The van der Waals surface area contributed by atoms with E-state index in [1.165, 1.54) is 35.0 Å². The molecule has 162 valence electrons. The van der Waals surface area contributed by atoms with Gasteiger partial charge in [-0.05, 0) is 24.6 Å². The van der Waals surface area contributed by atoms with Gasteiger partial charge in [-0.1, -0.05) is 6.07 Å². The van der Waals surface area contributed by atoms with E-state index in [2.05, 4.69) is 10.6 Å². The molecule has 1 aromatic carbocycles. The molecule has 7 nitrogen and oxygen atoms in total. The zero-order valence-corrected chi connectivity index (χ0v) is 16.2. The molecule has 1 aliphatic rings. The highest BCUT2D eigenvalue weighted by molar-refractivity contribution is 5.92. The first kappa shape index (κ1) is 22.0. The maximum absolute atomic E-state index is 14.5. The van der Waals surface area contributed by atoms with Gasteiger partial charge in [-0.25, -0.2) is 13.2 Å². The summed E-state index contributed by atoms with van der Waals surface area (Å²) >= 11 is 0. The first-order valence-corrected chi connectivity index (χ1v) is 9.59. The number of rotatable bonds is 8. The molecular weight excluding hydrogens is 399 g/mol. The van der Waals surface area contributed by atoms with Crippen LogP contribution in [0.4, 0.5) is 18.9 Å². The average molecular weight is 423 g/mol. The van der Waals surface area contributed by atoms with Gasteiger partial charge in [0.1, 0.15) is 5.82 Å². The van der Waals surface area contributed by atoms with E-state index in [1.807, 2.05) is 0 Å². The van der Waals surface area contributed by atoms with Crippen LogP contribution in [0.1, 0.15) is 6.42 Å². The maximum Gasteiger partial charge on any atom is 0.255 e. The van der Waals surface area contributed by atoms with Crippen molar-refractivity contribution in [1.82, 2.24) is 14.8 Å². The lowest BCUT2D eigenvalue weighted by atomic mass is 10.2. The molecule has 0 saturated carbocycles. The minimum Gasteiger partial charge on any atom is -0.326 e. The Balaban J connectivity index is 1.61. The Bertz CT molecular complexity index is 937. The van der Waals surface area contributed by atoms with Crippen LogP contribution in [0, 0.1) is 5.82 Å². The summed E-state index contributed by atoms with van der Waals surface area (Å²) in [5.41, 5.74) is 5.98. The van der Waals surface area contributed by atoms with Crippen LogP contribution in [0.2, 0.25) is 0 Å². The van der Waals surface area contributed by atoms with E-state index in [0.717, 1.165) is 0 Å². The number of aromatic nitrogens is 1. The number of halogens is 3. The minimum absolute atomic E-state index is 0.0106. The summed E-state index contributed by atoms with van der Waals surface area (Å²) < 4.78 is 40.4. The van der Waals surface area contributed by atoms with Gasteiger partial charge in [0.2, 0.25) is 5.91 Å². The predicted octanol–water partition coefficient (Wildman–Crippen LogP) is 1.17. The molecule has 1 amide bonds. The number of nitrogens with zero attached hydrogens (tertiary/aromatic N) is 2. The van der Waals surface area contributed by atoms with Gasteiger partial charge in [-0.3, -0.25) is 19.1 Å². The minimum atomic E-state index is -2.45. The molecule has 4 N–H and O–H groups in total. The molecule has 1 fully saturated rings. The summed E-state index contributed by atoms with van der Waals surface area (Å²) in [6.07, 6.45) is -0.346. The highest BCUT2D eigenvalue weighted by atomic mass is 19.3. The Labute approximate surface area is 171 Å². The molecule has 1 aliphatic heterocycles. The van der Waals surface area contributed by atoms with Gasteiger partial charge in [0, 0.05) is 43.5 Å². The topological polar surface area (TPSA) is 92.4 Å². The Kier molecular flexibility index (Phi) is 7.24. The van der Waals surface area contributed by atoms with Crippen molar-refractivity contribution in [3.8, 4) is 5.69 Å². The lowest BCUT2D eigenvalue weighted by molar-refractivity contribution is -0.117. The highest BCUT2D eigenvalue weighted by Gasteiger charge is 2.31. The quantitative estimate of drug-likeness (QED) is 0.593. The van der Waals surface area contributed by atoms with Gasteiger partial charge < -0.3 is 16.4 Å². The van der Waals surface area contributed by atoms with Crippen molar-refractivity contribution in [2.75, 3.05) is 31.5 Å². The van der Waals surface area contributed by atoms with E-state index in [-0.39, 0.29) is 29.9 Å². The summed E-state index contributed by atoms with van der Waals surface area (Å²) in [6, 6.07) is 8.38. The van der Waals surface area contributed by atoms with Crippen molar-refractivity contribution in [1.29, 1.82) is 0 Å². The van der Waals surface area contributed by atoms with Crippen LogP contribution < -0.4 is 21.9 Å². The third-order valence-electron chi connectivity index (χ3n) is 4.91. The number of carbonyl (C=O) groups is 1. The lowest BCUT2D eigenvalue weighted by Gasteiger charge is -2.24. The van der Waals surface area contributed by atoms with Crippen molar-refractivity contribution >= 4 is 11.6 Å². The molecule has 1 saturated heterocycles. The Morgan fingerprint density at radius 2 is 2.07 bits per heavy atom. The van der Waals surface area contributed by atoms with Crippen LogP contribution >= 0.6 is 0 Å². The van der Waals surface area contributed by atoms with E-state index >= 15 is 0 Å². The molecule has 10 heteroatoms. The van der Waals surface area contributed by atoms with Crippen molar-refractivity contribution in [3.05, 3.63) is 58.8 Å². The molecule has 2 atom stereocenters. The number of anilines is 1. The number of amides is 1. The first-order valence-electron chi connectivity index (χ1n) is 9.59. The summed E-state index contributed by atoms with van der Waals surface area (Å²) in [6.45, 7) is 0.287. The summed E-state index contributed by atoms with van der Waals surface area (Å²) in [7, 11) is 0. The smallest absolute Gasteiger partial charge is 0.255 e. The Morgan fingerprint density at radius 3 is 2.77 bits per heavy atom. The van der Waals surface area contributed by atoms with Gasteiger partial charge in [-0.15, -0.1) is 0 Å². The van der Waals surface area contributed by atoms with Crippen LogP contribution in [-0.2, 0) is 4.79 Å². The molecule has 1 aromatic heterocycles. The van der Waals surface area contributed by atoms with Gasteiger partial charge in [-0.2, -0.15) is 0 Å². The van der Waals surface area contributed by atoms with Crippen LogP contribution in [0.25, 0.3) is 5.69 Å². The molecule has 0 spiro atoms. The van der Waals surface area contributed by atoms with Crippen molar-refractivity contribution in [2.24, 2.45) is 5.73 Å². The Morgan fingerprint density at radius 1 is 1.27 bits per heavy atom. The largest absolute Gasteiger partial charge is 0.326 e. The standard InChI is InChI=1S/C20H24F3N5O2/c21-16-8-14(28-6-2-1-3-20(28)30)4-5-17(16)26-19(29)12-27-11-13(24)7-15(27)9-25-10-18(22)23/h1-6,8,13,15,18,25H,7,9-12,24H2,(H,26,29)/t13-,15+/m1/s1. The summed E-state index contributed by atoms with van der Waals surface area (Å²) in [4.78, 5) is 26.1. The molecular formula is C20H24F3N5O2. The fourth-order valence-electron chi connectivity index (χ4n) is 3.56. The monoisotopic (exact) mass is 423 g/mol. The van der Waals surface area contributed by atoms with Gasteiger partial charge >= 0.3 is 0 Å². The van der Waals surface area contributed by atoms with Crippen LogP contribution in [0.5, 0.6) is 0 Å². The van der Waals surface area contributed by atoms with Crippen LogP contribution in [0.3, 0.4) is 0 Å². The number of hydrogen-bond acceptors (Lipinski definition) is 5. The van der Waals surface area contributed by atoms with Crippen LogP contribution in [0.15, 0.2) is 47.4 Å². The summed E-state index contributed by atoms with van der Waals surface area (Å²) in [5.74, 6) is -1.11. The SMILES string of the molecule is N[C@@H]1C[C@@H](CNCC(F)F)N(CC(=O)Nc2ccc(-n3ccccc3=O)cc2F)C1. The van der Waals surface area contributed by atoms with Gasteiger partial charge in [0.15, 0.2) is 0 Å².